The average molecular weight is 211 g/mol. The van der Waals surface area contributed by atoms with Crippen LogP contribution in [0.4, 0.5) is 0 Å². The maximum atomic E-state index is 10.8. The minimum Gasteiger partial charge on any atom is -0.478 e. The van der Waals surface area contributed by atoms with Crippen LogP contribution in [-0.4, -0.2) is 16.3 Å². The molecule has 0 spiro atoms. The maximum absolute atomic E-state index is 10.8. The van der Waals surface area contributed by atoms with E-state index >= 15 is 0 Å². The van der Waals surface area contributed by atoms with Gasteiger partial charge in [0.2, 0.25) is 0 Å². The summed E-state index contributed by atoms with van der Waals surface area (Å²) in [6.45, 7) is 0. The Kier molecular flexibility index (Phi) is 3.42. The molecule has 0 aliphatic rings. The third-order valence-electron chi connectivity index (χ3n) is 1.53. The molecule has 0 radical (unpaired) electrons. The summed E-state index contributed by atoms with van der Waals surface area (Å²) in [5.41, 5.74) is 0.970. The summed E-state index contributed by atoms with van der Waals surface area (Å²) in [6.07, 6.45) is 2.39. The van der Waals surface area contributed by atoms with Crippen LogP contribution in [0.2, 0.25) is 0 Å². The number of rotatable bonds is 3. The molecule has 1 aromatic rings. The molecule has 0 saturated carbocycles. The topological polar surface area (TPSA) is 54.4 Å². The van der Waals surface area contributed by atoms with E-state index < -0.39 is 11.2 Å². The summed E-state index contributed by atoms with van der Waals surface area (Å²) in [5, 5.41) is 7.81. The summed E-state index contributed by atoms with van der Waals surface area (Å²) in [6, 6.07) is 6.40. The third-order valence-corrected chi connectivity index (χ3v) is 1.75. The Morgan fingerprint density at radius 1 is 1.36 bits per heavy atom. The van der Waals surface area contributed by atoms with E-state index in [1.54, 1.807) is 18.2 Å². The van der Waals surface area contributed by atoms with Crippen LogP contribution in [0, 0.1) is 0 Å². The van der Waals surface area contributed by atoms with Gasteiger partial charge in [-0.05, 0) is 29.3 Å². The smallest absolute Gasteiger partial charge is 0.328 e. The Hall–Kier alpha value is -1.61. The van der Waals surface area contributed by atoms with E-state index in [0.29, 0.717) is 11.1 Å². The first-order valence-corrected chi connectivity index (χ1v) is 4.18. The van der Waals surface area contributed by atoms with Crippen molar-refractivity contribution < 1.29 is 14.7 Å². The van der Waals surface area contributed by atoms with Crippen molar-refractivity contribution in [2.75, 3.05) is 0 Å². The number of halogens is 1. The molecule has 1 N–H and O–H groups in total. The van der Waals surface area contributed by atoms with Gasteiger partial charge in [0.25, 0.3) is 5.24 Å². The molecular formula is C10H7ClO3. The first kappa shape index (κ1) is 10.5. The van der Waals surface area contributed by atoms with Gasteiger partial charge in [0.15, 0.2) is 0 Å². The van der Waals surface area contributed by atoms with Crippen molar-refractivity contribution in [2.24, 2.45) is 0 Å². The van der Waals surface area contributed by atoms with Crippen LogP contribution in [0.5, 0.6) is 0 Å². The molecule has 1 rings (SSSR count). The maximum Gasteiger partial charge on any atom is 0.328 e. The second-order valence-corrected chi connectivity index (χ2v) is 2.91. The van der Waals surface area contributed by atoms with Crippen molar-refractivity contribution in [1.82, 2.24) is 0 Å². The first-order valence-electron chi connectivity index (χ1n) is 3.80. The fraction of sp³-hybridized carbons (Fsp3) is 0. The van der Waals surface area contributed by atoms with Crippen molar-refractivity contribution in [3.05, 3.63) is 41.5 Å². The number of benzene rings is 1. The molecule has 1 aromatic carbocycles. The summed E-state index contributed by atoms with van der Waals surface area (Å²) < 4.78 is 0. The molecule has 0 aromatic heterocycles. The molecular weight excluding hydrogens is 204 g/mol. The van der Waals surface area contributed by atoms with Gasteiger partial charge >= 0.3 is 5.97 Å². The van der Waals surface area contributed by atoms with Gasteiger partial charge in [0.05, 0.1) is 0 Å². The lowest BCUT2D eigenvalue weighted by Crippen LogP contribution is -1.89. The van der Waals surface area contributed by atoms with Gasteiger partial charge < -0.3 is 5.11 Å². The summed E-state index contributed by atoms with van der Waals surface area (Å²) in [4.78, 5) is 21.0. The SMILES string of the molecule is O=C(O)/C=C/c1cccc(C(=O)Cl)c1. The zero-order valence-corrected chi connectivity index (χ0v) is 7.86. The molecule has 3 nitrogen and oxygen atoms in total. The van der Waals surface area contributed by atoms with E-state index in [4.69, 9.17) is 16.7 Å². The van der Waals surface area contributed by atoms with Gasteiger partial charge in [-0.25, -0.2) is 4.79 Å². The predicted octanol–water partition coefficient (Wildman–Crippen LogP) is 2.16. The van der Waals surface area contributed by atoms with Crippen LogP contribution in [0.1, 0.15) is 15.9 Å². The lowest BCUT2D eigenvalue weighted by atomic mass is 10.1. The fourth-order valence-electron chi connectivity index (χ4n) is 0.932. The monoisotopic (exact) mass is 210 g/mol. The minimum atomic E-state index is -1.03. The Balaban J connectivity index is 2.94. The molecule has 0 aliphatic heterocycles. The minimum absolute atomic E-state index is 0.346. The van der Waals surface area contributed by atoms with Crippen molar-refractivity contribution in [2.45, 2.75) is 0 Å². The first-order chi connectivity index (χ1) is 6.59. The number of carboxylic acids is 1. The summed E-state index contributed by atoms with van der Waals surface area (Å²) in [7, 11) is 0. The standard InChI is InChI=1S/C10H7ClO3/c11-10(14)8-3-1-2-7(6-8)4-5-9(12)13/h1-6H,(H,12,13)/b5-4+. The lowest BCUT2D eigenvalue weighted by molar-refractivity contribution is -0.131. The molecule has 0 heterocycles. The Bertz CT molecular complexity index is 396. The average Bonchev–Trinajstić information content (AvgIpc) is 2.15. The van der Waals surface area contributed by atoms with Crippen molar-refractivity contribution >= 4 is 28.9 Å². The lowest BCUT2D eigenvalue weighted by Gasteiger charge is -1.95. The van der Waals surface area contributed by atoms with Gasteiger partial charge in [0, 0.05) is 11.6 Å². The molecule has 72 valence electrons. The number of hydrogen-bond donors (Lipinski definition) is 1. The van der Waals surface area contributed by atoms with E-state index in [1.165, 1.54) is 12.1 Å². The number of aliphatic carboxylic acids is 1. The summed E-state index contributed by atoms with van der Waals surface area (Å²) in [5.74, 6) is -1.03. The van der Waals surface area contributed by atoms with Crippen LogP contribution < -0.4 is 0 Å². The van der Waals surface area contributed by atoms with Gasteiger partial charge in [-0.15, -0.1) is 0 Å². The van der Waals surface area contributed by atoms with Crippen molar-refractivity contribution in [3.8, 4) is 0 Å². The van der Waals surface area contributed by atoms with Gasteiger partial charge in [-0.1, -0.05) is 18.2 Å². The van der Waals surface area contributed by atoms with Gasteiger partial charge in [-0.3, -0.25) is 4.79 Å². The van der Waals surface area contributed by atoms with Crippen molar-refractivity contribution in [3.63, 3.8) is 0 Å². The summed E-state index contributed by atoms with van der Waals surface area (Å²) >= 11 is 5.26. The highest BCUT2D eigenvalue weighted by molar-refractivity contribution is 6.67. The highest BCUT2D eigenvalue weighted by atomic mass is 35.5. The molecule has 14 heavy (non-hydrogen) atoms. The van der Waals surface area contributed by atoms with Gasteiger partial charge in [0.1, 0.15) is 0 Å². The van der Waals surface area contributed by atoms with E-state index in [0.717, 1.165) is 6.08 Å². The third kappa shape index (κ3) is 3.03. The van der Waals surface area contributed by atoms with Crippen molar-refractivity contribution in [1.29, 1.82) is 0 Å². The van der Waals surface area contributed by atoms with Crippen LogP contribution in [0.25, 0.3) is 6.08 Å². The van der Waals surface area contributed by atoms with Crippen LogP contribution in [0.15, 0.2) is 30.3 Å². The number of carbonyl (C=O) groups is 2. The Morgan fingerprint density at radius 3 is 2.64 bits per heavy atom. The van der Waals surface area contributed by atoms with E-state index in [-0.39, 0.29) is 0 Å². The number of hydrogen-bond acceptors (Lipinski definition) is 2. The predicted molar refractivity (Wildman–Crippen MR) is 53.3 cm³/mol. The number of carboxylic acid groups (broad SMARTS) is 1. The largest absolute Gasteiger partial charge is 0.478 e. The second-order valence-electron chi connectivity index (χ2n) is 2.57. The van der Waals surface area contributed by atoms with E-state index in [2.05, 4.69) is 0 Å². The van der Waals surface area contributed by atoms with Crippen LogP contribution >= 0.6 is 11.6 Å². The number of carbonyl (C=O) groups excluding carboxylic acids is 1. The van der Waals surface area contributed by atoms with Gasteiger partial charge in [-0.2, -0.15) is 0 Å². The quantitative estimate of drug-likeness (QED) is 0.615. The fourth-order valence-corrected chi connectivity index (χ4v) is 1.05. The van der Waals surface area contributed by atoms with E-state index in [1.807, 2.05) is 0 Å². The molecule has 0 fully saturated rings. The zero-order chi connectivity index (χ0) is 10.6. The highest BCUT2D eigenvalue weighted by Gasteiger charge is 2.00. The van der Waals surface area contributed by atoms with Crippen LogP contribution in [0.3, 0.4) is 0 Å². The zero-order valence-electron chi connectivity index (χ0n) is 7.11. The molecule has 0 amide bonds. The Morgan fingerprint density at radius 2 is 2.07 bits per heavy atom. The Labute approximate surface area is 85.6 Å². The molecule has 0 atom stereocenters. The molecule has 0 unspecified atom stereocenters. The molecule has 0 aliphatic carbocycles. The molecule has 0 bridgehead atoms. The normalized spacial score (nSPS) is 10.4. The van der Waals surface area contributed by atoms with Crippen LogP contribution in [-0.2, 0) is 4.79 Å². The highest BCUT2D eigenvalue weighted by Crippen LogP contribution is 2.09. The van der Waals surface area contributed by atoms with E-state index in [9.17, 15) is 9.59 Å². The second kappa shape index (κ2) is 4.58. The molecule has 4 heteroatoms. The molecule has 0 saturated heterocycles.